The number of benzene rings is 2. The highest BCUT2D eigenvalue weighted by molar-refractivity contribution is 5.89. The van der Waals surface area contributed by atoms with Crippen molar-refractivity contribution in [2.75, 3.05) is 13.7 Å². The number of hydrogen-bond acceptors (Lipinski definition) is 5. The van der Waals surface area contributed by atoms with Crippen LogP contribution in [-0.4, -0.2) is 37.9 Å². The number of carbonyl (C=O) groups excluding carboxylic acids is 1. The number of carbonyl (C=O) groups is 1. The van der Waals surface area contributed by atoms with Crippen LogP contribution in [-0.2, 0) is 10.9 Å². The lowest BCUT2D eigenvalue weighted by Crippen LogP contribution is -2.44. The Hall–Kier alpha value is -3.26. The van der Waals surface area contributed by atoms with Gasteiger partial charge in [0.1, 0.15) is 18.4 Å². The Morgan fingerprint density at radius 2 is 1.79 bits per heavy atom. The Bertz CT molecular complexity index is 1040. The van der Waals surface area contributed by atoms with E-state index in [0.717, 1.165) is 12.1 Å². The summed E-state index contributed by atoms with van der Waals surface area (Å²) in [6, 6.07) is 6.92. The average Bonchev–Trinajstić information content (AvgIpc) is 3.21. The van der Waals surface area contributed by atoms with Gasteiger partial charge < -0.3 is 9.47 Å². The smallest absolute Gasteiger partial charge is 0.417 e. The molecule has 1 fully saturated rings. The Balaban J connectivity index is 1.78. The molecule has 33 heavy (non-hydrogen) atoms. The first-order valence-electron chi connectivity index (χ1n) is 9.69. The lowest BCUT2D eigenvalue weighted by molar-refractivity contribution is -0.156. The minimum atomic E-state index is -4.88. The van der Waals surface area contributed by atoms with Crippen LogP contribution in [0.1, 0.15) is 39.4 Å². The molecule has 0 bridgehead atoms. The second-order valence-electron chi connectivity index (χ2n) is 7.47. The molecule has 1 unspecified atom stereocenters. The second kappa shape index (κ2) is 9.31. The number of halogens is 6. The molecule has 11 heteroatoms. The summed E-state index contributed by atoms with van der Waals surface area (Å²) in [7, 11) is 1.22. The van der Waals surface area contributed by atoms with Gasteiger partial charge >= 0.3 is 18.3 Å². The maximum Gasteiger partial charge on any atom is 0.417 e. The minimum Gasteiger partial charge on any atom is -0.492 e. The van der Waals surface area contributed by atoms with Crippen molar-refractivity contribution < 1.29 is 40.6 Å². The number of hydrogen-bond donors (Lipinski definition) is 1. The number of rotatable bonds is 5. The highest BCUT2D eigenvalue weighted by Crippen LogP contribution is 2.42. The van der Waals surface area contributed by atoms with Crippen LogP contribution in [0.4, 0.5) is 26.3 Å². The van der Waals surface area contributed by atoms with Gasteiger partial charge in [-0.3, -0.25) is 5.32 Å². The van der Waals surface area contributed by atoms with Gasteiger partial charge in [-0.1, -0.05) is 6.07 Å². The summed E-state index contributed by atoms with van der Waals surface area (Å²) in [6.07, 6.45) is -9.72. The van der Waals surface area contributed by atoms with Gasteiger partial charge in [-0.25, -0.2) is 4.79 Å². The van der Waals surface area contributed by atoms with Gasteiger partial charge in [0, 0.05) is 12.0 Å². The molecule has 2 aromatic rings. The summed E-state index contributed by atoms with van der Waals surface area (Å²) in [5.74, 6) is -1.56. The van der Waals surface area contributed by atoms with Crippen molar-refractivity contribution >= 4 is 5.97 Å². The SMILES string of the molecule is COC(=O)c1ccc(OC[C@@H]2CC(c3ccc(C#N)c(C(F)(F)F)c3)[C@H](C(F)(F)F)N2)cc1. The predicted molar refractivity (Wildman–Crippen MR) is 104 cm³/mol. The molecule has 176 valence electrons. The first kappa shape index (κ1) is 24.4. The Morgan fingerprint density at radius 3 is 2.33 bits per heavy atom. The molecule has 0 amide bonds. The number of alkyl halides is 6. The van der Waals surface area contributed by atoms with E-state index in [0.29, 0.717) is 11.8 Å². The van der Waals surface area contributed by atoms with Crippen molar-refractivity contribution in [1.29, 1.82) is 5.26 Å². The van der Waals surface area contributed by atoms with E-state index in [2.05, 4.69) is 10.1 Å². The van der Waals surface area contributed by atoms with Crippen molar-refractivity contribution in [3.63, 3.8) is 0 Å². The van der Waals surface area contributed by atoms with E-state index in [4.69, 9.17) is 10.00 Å². The van der Waals surface area contributed by atoms with Crippen LogP contribution in [0.3, 0.4) is 0 Å². The summed E-state index contributed by atoms with van der Waals surface area (Å²) in [6.45, 7) is -0.178. The molecule has 1 heterocycles. The number of nitrogens with zero attached hydrogens (tertiary/aromatic N) is 1. The van der Waals surface area contributed by atoms with Gasteiger partial charge in [-0.15, -0.1) is 0 Å². The molecule has 0 radical (unpaired) electrons. The molecule has 1 aliphatic rings. The Kier molecular flexibility index (Phi) is 6.88. The summed E-state index contributed by atoms with van der Waals surface area (Å²) >= 11 is 0. The van der Waals surface area contributed by atoms with E-state index in [1.807, 2.05) is 0 Å². The molecule has 3 atom stereocenters. The van der Waals surface area contributed by atoms with Crippen LogP contribution in [0.25, 0.3) is 0 Å². The summed E-state index contributed by atoms with van der Waals surface area (Å²) < 4.78 is 90.9. The monoisotopic (exact) mass is 472 g/mol. The van der Waals surface area contributed by atoms with Gasteiger partial charge in [0.05, 0.1) is 29.9 Å². The van der Waals surface area contributed by atoms with Crippen molar-refractivity contribution in [2.24, 2.45) is 0 Å². The molecule has 3 rings (SSSR count). The van der Waals surface area contributed by atoms with Crippen LogP contribution >= 0.6 is 0 Å². The fourth-order valence-corrected chi connectivity index (χ4v) is 3.77. The van der Waals surface area contributed by atoms with Crippen LogP contribution in [0.2, 0.25) is 0 Å². The number of ether oxygens (including phenoxy) is 2. The van der Waals surface area contributed by atoms with Gasteiger partial charge in [-0.2, -0.15) is 31.6 Å². The largest absolute Gasteiger partial charge is 0.492 e. The standard InChI is InChI=1S/C22H18F6N2O3/c1-32-20(31)12-4-6-16(7-5-12)33-11-15-9-17(19(30-15)22(26,27)28)13-2-3-14(10-29)18(8-13)21(23,24)25/h2-8,15,17,19,30H,9,11H2,1H3/t15-,17?,19+/m0/s1. The quantitative estimate of drug-likeness (QED) is 0.499. The zero-order valence-corrected chi connectivity index (χ0v) is 17.1. The normalized spacial score (nSPS) is 20.8. The minimum absolute atomic E-state index is 0.131. The number of methoxy groups -OCH3 is 1. The van der Waals surface area contributed by atoms with Crippen LogP contribution in [0.15, 0.2) is 42.5 Å². The van der Waals surface area contributed by atoms with Gasteiger partial charge in [0.2, 0.25) is 0 Å². The summed E-state index contributed by atoms with van der Waals surface area (Å²) in [5, 5.41) is 11.3. The van der Waals surface area contributed by atoms with Crippen molar-refractivity contribution in [1.82, 2.24) is 5.32 Å². The van der Waals surface area contributed by atoms with Crippen molar-refractivity contribution in [3.05, 3.63) is 64.7 Å². The molecule has 2 aromatic carbocycles. The zero-order valence-electron chi connectivity index (χ0n) is 17.1. The zero-order chi connectivity index (χ0) is 24.4. The Labute approximate surface area is 184 Å². The molecule has 0 aromatic heterocycles. The van der Waals surface area contributed by atoms with Gasteiger partial charge in [-0.05, 0) is 48.4 Å². The lowest BCUT2D eigenvalue weighted by Gasteiger charge is -2.23. The molecule has 0 aliphatic carbocycles. The number of esters is 1. The molecular formula is C22H18F6N2O3. The van der Waals surface area contributed by atoms with Gasteiger partial charge in [0.25, 0.3) is 0 Å². The molecule has 1 aliphatic heterocycles. The summed E-state index contributed by atoms with van der Waals surface area (Å²) in [4.78, 5) is 11.5. The first-order valence-corrected chi connectivity index (χ1v) is 9.69. The number of nitriles is 1. The third-order valence-corrected chi connectivity index (χ3v) is 5.33. The maximum atomic E-state index is 13.6. The molecule has 0 spiro atoms. The van der Waals surface area contributed by atoms with Crippen LogP contribution in [0.5, 0.6) is 5.75 Å². The van der Waals surface area contributed by atoms with Crippen molar-refractivity contribution in [3.8, 4) is 11.8 Å². The fourth-order valence-electron chi connectivity index (χ4n) is 3.77. The third-order valence-electron chi connectivity index (χ3n) is 5.33. The van der Waals surface area contributed by atoms with E-state index in [9.17, 15) is 31.1 Å². The van der Waals surface area contributed by atoms with E-state index < -0.39 is 47.5 Å². The molecular weight excluding hydrogens is 454 g/mol. The average molecular weight is 472 g/mol. The summed E-state index contributed by atoms with van der Waals surface area (Å²) in [5.41, 5.74) is -1.83. The van der Waals surface area contributed by atoms with Gasteiger partial charge in [0.15, 0.2) is 0 Å². The van der Waals surface area contributed by atoms with E-state index in [1.165, 1.54) is 37.4 Å². The first-order chi connectivity index (χ1) is 15.4. The van der Waals surface area contributed by atoms with Crippen LogP contribution in [0, 0.1) is 11.3 Å². The van der Waals surface area contributed by atoms with E-state index >= 15 is 0 Å². The highest BCUT2D eigenvalue weighted by atomic mass is 19.4. The third kappa shape index (κ3) is 5.57. The molecule has 5 nitrogen and oxygen atoms in total. The Morgan fingerprint density at radius 1 is 1.12 bits per heavy atom. The lowest BCUT2D eigenvalue weighted by atomic mass is 9.88. The molecule has 0 saturated carbocycles. The van der Waals surface area contributed by atoms with E-state index in [-0.39, 0.29) is 24.2 Å². The molecule has 1 saturated heterocycles. The van der Waals surface area contributed by atoms with Crippen LogP contribution < -0.4 is 10.1 Å². The topological polar surface area (TPSA) is 71.3 Å². The fraction of sp³-hybridized carbons (Fsp3) is 0.364. The van der Waals surface area contributed by atoms with E-state index in [1.54, 1.807) is 0 Å². The maximum absolute atomic E-state index is 13.6. The van der Waals surface area contributed by atoms with Crippen molar-refractivity contribution in [2.45, 2.75) is 36.8 Å². The predicted octanol–water partition coefficient (Wildman–Crippen LogP) is 4.82. The number of nitrogens with one attached hydrogen (secondary N) is 1. The molecule has 1 N–H and O–H groups in total. The highest BCUT2D eigenvalue weighted by Gasteiger charge is 2.51. The second-order valence-corrected chi connectivity index (χ2v) is 7.47.